The van der Waals surface area contributed by atoms with Gasteiger partial charge < -0.3 is 9.29 Å². The zero-order chi connectivity index (χ0) is 14.7. The first-order valence-electron chi connectivity index (χ1n) is 6.19. The number of anilines is 1. The molecule has 0 radical (unpaired) electrons. The van der Waals surface area contributed by atoms with E-state index in [1.54, 1.807) is 24.3 Å². The van der Waals surface area contributed by atoms with Crippen LogP contribution in [0, 0.1) is 20.8 Å². The molecule has 0 aliphatic rings. The maximum Gasteiger partial charge on any atom is 0.316 e. The van der Waals surface area contributed by atoms with Crippen molar-refractivity contribution in [3.8, 4) is 11.5 Å². The molecule has 0 spiro atoms. The highest BCUT2D eigenvalue weighted by Gasteiger charge is 2.09. The Balaban J connectivity index is 2.08. The van der Waals surface area contributed by atoms with E-state index in [9.17, 15) is 9.32 Å². The molecule has 0 aliphatic heterocycles. The van der Waals surface area contributed by atoms with Crippen LogP contribution in [0.3, 0.4) is 0 Å². The van der Waals surface area contributed by atoms with Crippen molar-refractivity contribution in [1.29, 1.82) is 0 Å². The third kappa shape index (κ3) is 3.51. The standard InChI is InChI=1S/C15H17NO3S/c1-10-4-6-13(7-5-10)19-20(18)16-14-8-11(2)12(3)9-15(14)17/h4-9,16-17H,1-3H3. The molecule has 1 atom stereocenters. The summed E-state index contributed by atoms with van der Waals surface area (Å²) in [5.74, 6) is 0.554. The van der Waals surface area contributed by atoms with Crippen LogP contribution in [0.1, 0.15) is 16.7 Å². The Labute approximate surface area is 121 Å². The van der Waals surface area contributed by atoms with Crippen molar-refractivity contribution in [3.05, 3.63) is 53.1 Å². The normalized spacial score (nSPS) is 11.9. The molecule has 0 aromatic heterocycles. The fourth-order valence-corrected chi connectivity index (χ4v) is 2.35. The van der Waals surface area contributed by atoms with Gasteiger partial charge in [0.15, 0.2) is 0 Å². The predicted octanol–water partition coefficient (Wildman–Crippen LogP) is 3.39. The number of rotatable bonds is 4. The predicted molar refractivity (Wildman–Crippen MR) is 81.2 cm³/mol. The van der Waals surface area contributed by atoms with Gasteiger partial charge in [0.05, 0.1) is 5.69 Å². The van der Waals surface area contributed by atoms with E-state index in [1.807, 2.05) is 32.9 Å². The van der Waals surface area contributed by atoms with Crippen LogP contribution in [0.4, 0.5) is 5.69 Å². The first-order valence-corrected chi connectivity index (χ1v) is 7.27. The zero-order valence-corrected chi connectivity index (χ0v) is 12.5. The molecule has 0 heterocycles. The van der Waals surface area contributed by atoms with Gasteiger partial charge >= 0.3 is 11.3 Å². The summed E-state index contributed by atoms with van der Waals surface area (Å²) in [7, 11) is 0. The molecule has 0 bridgehead atoms. The maximum absolute atomic E-state index is 11.9. The molecule has 0 aliphatic carbocycles. The number of phenols is 1. The lowest BCUT2D eigenvalue weighted by molar-refractivity contribution is 0.477. The topological polar surface area (TPSA) is 58.6 Å². The summed E-state index contributed by atoms with van der Waals surface area (Å²) in [4.78, 5) is 0. The number of benzene rings is 2. The zero-order valence-electron chi connectivity index (χ0n) is 11.6. The smallest absolute Gasteiger partial charge is 0.316 e. The Kier molecular flexibility index (Phi) is 4.29. The van der Waals surface area contributed by atoms with Crippen molar-refractivity contribution < 1.29 is 13.5 Å². The Morgan fingerprint density at radius 3 is 2.30 bits per heavy atom. The number of hydrogen-bond acceptors (Lipinski definition) is 3. The van der Waals surface area contributed by atoms with Gasteiger partial charge in [-0.2, -0.15) is 4.21 Å². The molecule has 2 aromatic rings. The molecule has 0 fully saturated rings. The lowest BCUT2D eigenvalue weighted by Gasteiger charge is -2.11. The summed E-state index contributed by atoms with van der Waals surface area (Å²) in [5.41, 5.74) is 3.46. The Morgan fingerprint density at radius 1 is 1.05 bits per heavy atom. The fraction of sp³-hybridized carbons (Fsp3) is 0.200. The minimum Gasteiger partial charge on any atom is -0.506 e. The summed E-state index contributed by atoms with van der Waals surface area (Å²) in [6.45, 7) is 5.79. The molecule has 0 saturated carbocycles. The largest absolute Gasteiger partial charge is 0.506 e. The Hall–Kier alpha value is -2.01. The summed E-state index contributed by atoms with van der Waals surface area (Å²) < 4.78 is 19.8. The van der Waals surface area contributed by atoms with Crippen molar-refractivity contribution in [2.45, 2.75) is 20.8 Å². The molecule has 0 saturated heterocycles. The summed E-state index contributed by atoms with van der Waals surface area (Å²) in [5, 5.41) is 9.81. The van der Waals surface area contributed by atoms with Crippen LogP contribution in [-0.4, -0.2) is 9.32 Å². The highest BCUT2D eigenvalue weighted by molar-refractivity contribution is 7.82. The van der Waals surface area contributed by atoms with Crippen molar-refractivity contribution in [2.75, 3.05) is 4.72 Å². The summed E-state index contributed by atoms with van der Waals surface area (Å²) in [6.07, 6.45) is 0. The molecular weight excluding hydrogens is 274 g/mol. The van der Waals surface area contributed by atoms with Gasteiger partial charge in [-0.3, -0.25) is 4.72 Å². The molecule has 20 heavy (non-hydrogen) atoms. The van der Waals surface area contributed by atoms with Gasteiger partial charge in [0.1, 0.15) is 11.5 Å². The van der Waals surface area contributed by atoms with E-state index in [0.29, 0.717) is 11.4 Å². The molecule has 2 rings (SSSR count). The molecule has 2 aromatic carbocycles. The minimum atomic E-state index is -1.76. The van der Waals surface area contributed by atoms with Crippen LogP contribution in [0.5, 0.6) is 11.5 Å². The van der Waals surface area contributed by atoms with E-state index < -0.39 is 11.3 Å². The van der Waals surface area contributed by atoms with Crippen LogP contribution in [0.25, 0.3) is 0 Å². The van der Waals surface area contributed by atoms with Gasteiger partial charge in [-0.15, -0.1) is 0 Å². The molecule has 2 N–H and O–H groups in total. The van der Waals surface area contributed by atoms with Crippen LogP contribution < -0.4 is 8.91 Å². The molecule has 5 heteroatoms. The molecule has 4 nitrogen and oxygen atoms in total. The van der Waals surface area contributed by atoms with Crippen LogP contribution in [-0.2, 0) is 11.3 Å². The van der Waals surface area contributed by atoms with Gasteiger partial charge in [0, 0.05) is 0 Å². The lowest BCUT2D eigenvalue weighted by atomic mass is 10.1. The number of aromatic hydroxyl groups is 1. The van der Waals surface area contributed by atoms with Crippen molar-refractivity contribution >= 4 is 17.0 Å². The lowest BCUT2D eigenvalue weighted by Crippen LogP contribution is -2.11. The number of hydrogen-bond donors (Lipinski definition) is 2. The summed E-state index contributed by atoms with van der Waals surface area (Å²) >= 11 is -1.76. The van der Waals surface area contributed by atoms with E-state index >= 15 is 0 Å². The van der Waals surface area contributed by atoms with Gasteiger partial charge in [0.25, 0.3) is 0 Å². The van der Waals surface area contributed by atoms with Crippen molar-refractivity contribution in [1.82, 2.24) is 0 Å². The third-order valence-electron chi connectivity index (χ3n) is 3.00. The van der Waals surface area contributed by atoms with Crippen molar-refractivity contribution in [2.24, 2.45) is 0 Å². The highest BCUT2D eigenvalue weighted by Crippen LogP contribution is 2.27. The minimum absolute atomic E-state index is 0.0500. The number of aryl methyl sites for hydroxylation is 3. The van der Waals surface area contributed by atoms with Crippen LogP contribution >= 0.6 is 0 Å². The van der Waals surface area contributed by atoms with E-state index in [1.165, 1.54) is 0 Å². The number of nitrogens with one attached hydrogen (secondary N) is 1. The van der Waals surface area contributed by atoms with E-state index in [2.05, 4.69) is 4.72 Å². The Bertz CT molecular complexity index is 638. The molecular formula is C15H17NO3S. The SMILES string of the molecule is Cc1ccc(OS(=O)Nc2cc(C)c(C)cc2O)cc1. The molecule has 106 valence electrons. The van der Waals surface area contributed by atoms with E-state index in [4.69, 9.17) is 4.18 Å². The third-order valence-corrected chi connectivity index (χ3v) is 3.73. The average Bonchev–Trinajstić information content (AvgIpc) is 2.39. The maximum atomic E-state index is 11.9. The Morgan fingerprint density at radius 2 is 1.65 bits per heavy atom. The van der Waals surface area contributed by atoms with Crippen LogP contribution in [0.2, 0.25) is 0 Å². The molecule has 0 amide bonds. The van der Waals surface area contributed by atoms with Gasteiger partial charge in [-0.25, -0.2) is 0 Å². The fourth-order valence-electron chi connectivity index (χ4n) is 1.67. The monoisotopic (exact) mass is 291 g/mol. The van der Waals surface area contributed by atoms with Crippen molar-refractivity contribution in [3.63, 3.8) is 0 Å². The number of phenolic OH excluding ortho intramolecular Hbond substituents is 1. The first kappa shape index (κ1) is 14.4. The molecule has 1 unspecified atom stereocenters. The second-order valence-electron chi connectivity index (χ2n) is 4.69. The second kappa shape index (κ2) is 5.96. The second-order valence-corrected chi connectivity index (χ2v) is 5.53. The van der Waals surface area contributed by atoms with E-state index in [-0.39, 0.29) is 5.75 Å². The van der Waals surface area contributed by atoms with Gasteiger partial charge in [-0.05, 0) is 56.2 Å². The van der Waals surface area contributed by atoms with Gasteiger partial charge in [-0.1, -0.05) is 17.7 Å². The van der Waals surface area contributed by atoms with Gasteiger partial charge in [0.2, 0.25) is 0 Å². The average molecular weight is 291 g/mol. The van der Waals surface area contributed by atoms with E-state index in [0.717, 1.165) is 16.7 Å². The highest BCUT2D eigenvalue weighted by atomic mass is 32.2. The first-order chi connectivity index (χ1) is 9.45. The summed E-state index contributed by atoms with van der Waals surface area (Å²) in [6, 6.07) is 10.6. The quantitative estimate of drug-likeness (QED) is 0.849. The van der Waals surface area contributed by atoms with Crippen LogP contribution in [0.15, 0.2) is 36.4 Å².